The standard InChI is InChI=1S/C20H28N2O4/c1-24-17-10-15(11-18(25-2)19(17)26-3)20(23)22-7-6-21-12-16-9-13-4-5-14(16)8-13/h4-5,10-11,13-14,16,21H,6-9,12H2,1-3H3,(H,22,23). The fourth-order valence-corrected chi connectivity index (χ4v) is 4.00. The van der Waals surface area contributed by atoms with Gasteiger partial charge in [-0.05, 0) is 49.3 Å². The summed E-state index contributed by atoms with van der Waals surface area (Å²) in [4.78, 5) is 12.4. The van der Waals surface area contributed by atoms with Crippen molar-refractivity contribution in [2.75, 3.05) is 41.0 Å². The largest absolute Gasteiger partial charge is 0.493 e. The van der Waals surface area contributed by atoms with E-state index in [1.165, 1.54) is 34.2 Å². The molecule has 1 fully saturated rings. The number of hydrogen-bond donors (Lipinski definition) is 2. The number of methoxy groups -OCH3 is 3. The first-order valence-electron chi connectivity index (χ1n) is 9.13. The molecule has 3 atom stereocenters. The highest BCUT2D eigenvalue weighted by molar-refractivity contribution is 5.95. The number of carbonyl (C=O) groups is 1. The van der Waals surface area contributed by atoms with Crippen molar-refractivity contribution >= 4 is 5.91 Å². The van der Waals surface area contributed by atoms with Crippen LogP contribution in [0.1, 0.15) is 23.2 Å². The SMILES string of the molecule is COc1cc(C(=O)NCCNCC2CC3C=CC2C3)cc(OC)c1OC. The van der Waals surface area contributed by atoms with E-state index in [0.717, 1.165) is 30.8 Å². The molecule has 0 spiro atoms. The van der Waals surface area contributed by atoms with Crippen LogP contribution in [-0.4, -0.2) is 46.9 Å². The van der Waals surface area contributed by atoms with Crippen LogP contribution in [0.2, 0.25) is 0 Å². The monoisotopic (exact) mass is 360 g/mol. The Kier molecular flexibility index (Phi) is 6.04. The van der Waals surface area contributed by atoms with Gasteiger partial charge in [0.15, 0.2) is 11.5 Å². The summed E-state index contributed by atoms with van der Waals surface area (Å²) in [5.74, 6) is 3.56. The molecule has 0 aromatic heterocycles. The van der Waals surface area contributed by atoms with Crippen LogP contribution < -0.4 is 24.8 Å². The smallest absolute Gasteiger partial charge is 0.251 e. The number of nitrogens with one attached hydrogen (secondary N) is 2. The maximum Gasteiger partial charge on any atom is 0.251 e. The fourth-order valence-electron chi connectivity index (χ4n) is 4.00. The molecule has 3 rings (SSSR count). The van der Waals surface area contributed by atoms with Gasteiger partial charge in [0.2, 0.25) is 5.75 Å². The summed E-state index contributed by atoms with van der Waals surface area (Å²) in [6, 6.07) is 3.32. The number of rotatable bonds is 9. The second-order valence-electron chi connectivity index (χ2n) is 6.91. The van der Waals surface area contributed by atoms with Crippen molar-refractivity contribution in [2.45, 2.75) is 12.8 Å². The van der Waals surface area contributed by atoms with E-state index in [2.05, 4.69) is 22.8 Å². The summed E-state index contributed by atoms with van der Waals surface area (Å²) < 4.78 is 15.9. The zero-order valence-electron chi connectivity index (χ0n) is 15.7. The van der Waals surface area contributed by atoms with E-state index in [4.69, 9.17) is 14.2 Å². The van der Waals surface area contributed by atoms with Gasteiger partial charge in [-0.1, -0.05) is 12.2 Å². The van der Waals surface area contributed by atoms with Crippen LogP contribution in [0.25, 0.3) is 0 Å². The summed E-state index contributed by atoms with van der Waals surface area (Å²) >= 11 is 0. The van der Waals surface area contributed by atoms with Crippen molar-refractivity contribution in [3.8, 4) is 17.2 Å². The molecule has 1 aromatic carbocycles. The van der Waals surface area contributed by atoms with Crippen molar-refractivity contribution in [3.63, 3.8) is 0 Å². The van der Waals surface area contributed by atoms with E-state index in [0.29, 0.717) is 29.4 Å². The number of carbonyl (C=O) groups excluding carboxylic acids is 1. The first kappa shape index (κ1) is 18.6. The third kappa shape index (κ3) is 3.96. The van der Waals surface area contributed by atoms with Crippen LogP contribution in [0.5, 0.6) is 17.2 Å². The van der Waals surface area contributed by atoms with E-state index in [1.54, 1.807) is 12.1 Å². The molecule has 1 saturated carbocycles. The van der Waals surface area contributed by atoms with Crippen LogP contribution in [-0.2, 0) is 0 Å². The topological polar surface area (TPSA) is 68.8 Å². The Balaban J connectivity index is 1.46. The molecule has 2 bridgehead atoms. The summed E-state index contributed by atoms with van der Waals surface area (Å²) in [6.07, 6.45) is 7.35. The molecule has 3 unspecified atom stereocenters. The molecule has 6 heteroatoms. The number of amides is 1. The number of benzene rings is 1. The molecule has 0 saturated heterocycles. The number of hydrogen-bond acceptors (Lipinski definition) is 5. The summed E-state index contributed by atoms with van der Waals surface area (Å²) in [6.45, 7) is 2.35. The normalized spacial score (nSPS) is 23.1. The molecule has 2 aliphatic carbocycles. The van der Waals surface area contributed by atoms with Crippen molar-refractivity contribution in [2.24, 2.45) is 17.8 Å². The predicted octanol–water partition coefficient (Wildman–Crippen LogP) is 2.24. The highest BCUT2D eigenvalue weighted by atomic mass is 16.5. The van der Waals surface area contributed by atoms with Crippen molar-refractivity contribution in [1.82, 2.24) is 10.6 Å². The van der Waals surface area contributed by atoms with E-state index in [-0.39, 0.29) is 5.91 Å². The Labute approximate surface area is 154 Å². The minimum Gasteiger partial charge on any atom is -0.493 e. The van der Waals surface area contributed by atoms with Crippen LogP contribution in [0, 0.1) is 17.8 Å². The van der Waals surface area contributed by atoms with Gasteiger partial charge in [0, 0.05) is 18.7 Å². The first-order valence-corrected chi connectivity index (χ1v) is 9.13. The van der Waals surface area contributed by atoms with E-state index < -0.39 is 0 Å². The highest BCUT2D eigenvalue weighted by Crippen LogP contribution is 2.43. The van der Waals surface area contributed by atoms with Crippen molar-refractivity contribution in [1.29, 1.82) is 0 Å². The third-order valence-corrected chi connectivity index (χ3v) is 5.34. The Hall–Kier alpha value is -2.21. The maximum absolute atomic E-state index is 12.4. The van der Waals surface area contributed by atoms with Gasteiger partial charge >= 0.3 is 0 Å². The molecule has 0 radical (unpaired) electrons. The molecule has 142 valence electrons. The molecule has 1 aromatic rings. The Morgan fingerprint density at radius 3 is 2.31 bits per heavy atom. The molecular formula is C20H28N2O4. The molecule has 0 aliphatic heterocycles. The summed E-state index contributed by atoms with van der Waals surface area (Å²) in [5, 5.41) is 6.40. The summed E-state index contributed by atoms with van der Waals surface area (Å²) in [5.41, 5.74) is 0.484. The van der Waals surface area contributed by atoms with Gasteiger partial charge in [0.05, 0.1) is 21.3 Å². The van der Waals surface area contributed by atoms with Gasteiger partial charge in [0.1, 0.15) is 0 Å². The lowest BCUT2D eigenvalue weighted by molar-refractivity contribution is 0.0953. The molecule has 26 heavy (non-hydrogen) atoms. The second-order valence-corrected chi connectivity index (χ2v) is 6.91. The minimum absolute atomic E-state index is 0.158. The molecule has 0 heterocycles. The number of ether oxygens (including phenoxy) is 3. The van der Waals surface area contributed by atoms with Gasteiger partial charge in [-0.25, -0.2) is 0 Å². The van der Waals surface area contributed by atoms with Gasteiger partial charge in [-0.15, -0.1) is 0 Å². The number of fused-ring (bicyclic) bond motifs is 2. The van der Waals surface area contributed by atoms with Crippen LogP contribution in [0.3, 0.4) is 0 Å². The van der Waals surface area contributed by atoms with Crippen molar-refractivity contribution in [3.05, 3.63) is 29.8 Å². The maximum atomic E-state index is 12.4. The molecule has 1 amide bonds. The van der Waals surface area contributed by atoms with Gasteiger partial charge < -0.3 is 24.8 Å². The lowest BCUT2D eigenvalue weighted by atomic mass is 9.94. The van der Waals surface area contributed by atoms with Crippen LogP contribution in [0.15, 0.2) is 24.3 Å². The molecular weight excluding hydrogens is 332 g/mol. The minimum atomic E-state index is -0.158. The van der Waals surface area contributed by atoms with Gasteiger partial charge in [-0.3, -0.25) is 4.79 Å². The Bertz CT molecular complexity index is 649. The molecule has 2 N–H and O–H groups in total. The lowest BCUT2D eigenvalue weighted by Crippen LogP contribution is -2.34. The van der Waals surface area contributed by atoms with E-state index in [9.17, 15) is 4.79 Å². The zero-order valence-corrected chi connectivity index (χ0v) is 15.7. The average molecular weight is 360 g/mol. The van der Waals surface area contributed by atoms with E-state index in [1.807, 2.05) is 0 Å². The van der Waals surface area contributed by atoms with Crippen molar-refractivity contribution < 1.29 is 19.0 Å². The lowest BCUT2D eigenvalue weighted by Gasteiger charge is -2.18. The predicted molar refractivity (Wildman–Crippen MR) is 100 cm³/mol. The average Bonchev–Trinajstić information content (AvgIpc) is 3.29. The third-order valence-electron chi connectivity index (χ3n) is 5.34. The fraction of sp³-hybridized carbons (Fsp3) is 0.550. The van der Waals surface area contributed by atoms with Crippen LogP contribution >= 0.6 is 0 Å². The van der Waals surface area contributed by atoms with Gasteiger partial charge in [0.25, 0.3) is 5.91 Å². The Morgan fingerprint density at radius 2 is 1.77 bits per heavy atom. The highest BCUT2D eigenvalue weighted by Gasteiger charge is 2.34. The first-order chi connectivity index (χ1) is 12.7. The quantitative estimate of drug-likeness (QED) is 0.522. The molecule has 2 aliphatic rings. The molecule has 6 nitrogen and oxygen atoms in total. The summed E-state index contributed by atoms with van der Waals surface area (Å²) in [7, 11) is 4.61. The number of allylic oxidation sites excluding steroid dienone is 2. The van der Waals surface area contributed by atoms with Gasteiger partial charge in [-0.2, -0.15) is 0 Å². The zero-order chi connectivity index (χ0) is 18.5. The second kappa shape index (κ2) is 8.45. The van der Waals surface area contributed by atoms with Crippen LogP contribution in [0.4, 0.5) is 0 Å². The Morgan fingerprint density at radius 1 is 1.04 bits per heavy atom. The van der Waals surface area contributed by atoms with E-state index >= 15 is 0 Å².